The van der Waals surface area contributed by atoms with Crippen LogP contribution < -0.4 is 11.1 Å². The number of nitrogens with zero attached hydrogens (tertiary/aromatic N) is 5. The Bertz CT molecular complexity index is 753. The molecule has 1 aliphatic rings. The van der Waals surface area contributed by atoms with Gasteiger partial charge in [0.25, 0.3) is 0 Å². The second kappa shape index (κ2) is 8.44. The molecule has 3 rings (SSSR count). The Labute approximate surface area is 158 Å². The van der Waals surface area contributed by atoms with Crippen LogP contribution in [0.2, 0.25) is 0 Å². The van der Waals surface area contributed by atoms with Crippen molar-refractivity contribution in [3.63, 3.8) is 0 Å². The number of imidazole rings is 1. The number of anilines is 1. The third-order valence-corrected chi connectivity index (χ3v) is 5.00. The molecule has 0 aliphatic carbocycles. The number of ether oxygens (including phenoxy) is 1. The fourth-order valence-corrected chi connectivity index (χ4v) is 3.42. The smallest absolute Gasteiger partial charge is 0.167 e. The van der Waals surface area contributed by atoms with Crippen LogP contribution >= 0.6 is 0 Å². The van der Waals surface area contributed by atoms with Crippen molar-refractivity contribution in [3.8, 4) is 0 Å². The first-order chi connectivity index (χ1) is 13.0. The SMILES string of the molecule is CNc1ncnc2c1ncn2C1OC(CN(CCCN)C(C)C)C(O)C1O. The van der Waals surface area contributed by atoms with E-state index in [0.717, 1.165) is 13.0 Å². The minimum Gasteiger partial charge on any atom is -0.387 e. The van der Waals surface area contributed by atoms with Gasteiger partial charge in [-0.25, -0.2) is 15.0 Å². The molecule has 3 heterocycles. The van der Waals surface area contributed by atoms with Gasteiger partial charge in [-0.05, 0) is 33.4 Å². The molecule has 1 fully saturated rings. The summed E-state index contributed by atoms with van der Waals surface area (Å²) in [5.41, 5.74) is 6.74. The summed E-state index contributed by atoms with van der Waals surface area (Å²) in [5, 5.41) is 24.1. The monoisotopic (exact) mass is 379 g/mol. The highest BCUT2D eigenvalue weighted by molar-refractivity contribution is 5.82. The first-order valence-electron chi connectivity index (χ1n) is 9.29. The summed E-state index contributed by atoms with van der Waals surface area (Å²) < 4.78 is 7.69. The van der Waals surface area contributed by atoms with Gasteiger partial charge in [-0.2, -0.15) is 0 Å². The zero-order valence-electron chi connectivity index (χ0n) is 16.0. The van der Waals surface area contributed by atoms with Crippen LogP contribution in [0.3, 0.4) is 0 Å². The van der Waals surface area contributed by atoms with E-state index in [9.17, 15) is 10.2 Å². The van der Waals surface area contributed by atoms with Crippen molar-refractivity contribution < 1.29 is 14.9 Å². The number of nitrogens with two attached hydrogens (primary N) is 1. The van der Waals surface area contributed by atoms with Gasteiger partial charge in [0.1, 0.15) is 30.2 Å². The van der Waals surface area contributed by atoms with Crippen LogP contribution in [-0.4, -0.2) is 85.7 Å². The average Bonchev–Trinajstić information content (AvgIpc) is 3.20. The molecule has 0 spiro atoms. The van der Waals surface area contributed by atoms with Crippen molar-refractivity contribution in [2.45, 2.75) is 50.8 Å². The van der Waals surface area contributed by atoms with Gasteiger partial charge in [0.15, 0.2) is 17.7 Å². The van der Waals surface area contributed by atoms with E-state index in [1.54, 1.807) is 17.9 Å². The third kappa shape index (κ3) is 3.90. The van der Waals surface area contributed by atoms with Gasteiger partial charge in [-0.15, -0.1) is 0 Å². The van der Waals surface area contributed by atoms with Crippen LogP contribution in [-0.2, 0) is 4.74 Å². The van der Waals surface area contributed by atoms with E-state index >= 15 is 0 Å². The Morgan fingerprint density at radius 3 is 2.74 bits per heavy atom. The Morgan fingerprint density at radius 2 is 2.07 bits per heavy atom. The molecule has 10 heteroatoms. The van der Waals surface area contributed by atoms with Crippen LogP contribution in [0.5, 0.6) is 0 Å². The standard InChI is InChI=1S/C17H29N7O3/c1-10(2)23(6-4-5-18)7-11-13(25)14(26)17(27-11)24-9-22-12-15(19-3)20-8-21-16(12)24/h8-11,13-14,17,25-26H,4-7,18H2,1-3H3,(H,19,20,21). The van der Waals surface area contributed by atoms with Crippen LogP contribution in [0, 0.1) is 0 Å². The van der Waals surface area contributed by atoms with Gasteiger partial charge in [-0.1, -0.05) is 0 Å². The minimum atomic E-state index is -1.08. The maximum absolute atomic E-state index is 10.6. The average molecular weight is 379 g/mol. The normalized spacial score (nSPS) is 25.8. The number of aromatic nitrogens is 4. The molecule has 150 valence electrons. The lowest BCUT2D eigenvalue weighted by Crippen LogP contribution is -2.43. The highest BCUT2D eigenvalue weighted by atomic mass is 16.6. The Hall–Kier alpha value is -1.85. The van der Waals surface area contributed by atoms with Crippen LogP contribution in [0.15, 0.2) is 12.7 Å². The van der Waals surface area contributed by atoms with Crippen molar-refractivity contribution >= 4 is 17.0 Å². The number of hydrogen-bond donors (Lipinski definition) is 4. The molecular weight excluding hydrogens is 350 g/mol. The molecule has 0 aromatic carbocycles. The van der Waals surface area contributed by atoms with Gasteiger partial charge in [-0.3, -0.25) is 9.47 Å². The first-order valence-corrected chi connectivity index (χ1v) is 9.29. The van der Waals surface area contributed by atoms with E-state index in [1.165, 1.54) is 6.33 Å². The Balaban J connectivity index is 1.81. The predicted molar refractivity (Wildman–Crippen MR) is 101 cm³/mol. The first kappa shape index (κ1) is 19.9. The van der Waals surface area contributed by atoms with Crippen LogP contribution in [0.1, 0.15) is 26.5 Å². The van der Waals surface area contributed by atoms with Crippen molar-refractivity contribution in [1.82, 2.24) is 24.4 Å². The highest BCUT2D eigenvalue weighted by Gasteiger charge is 2.45. The number of aliphatic hydroxyl groups is 2. The summed E-state index contributed by atoms with van der Waals surface area (Å²) in [6.45, 7) is 6.11. The molecule has 0 amide bonds. The van der Waals surface area contributed by atoms with E-state index in [2.05, 4.69) is 39.0 Å². The molecule has 0 saturated carbocycles. The van der Waals surface area contributed by atoms with E-state index in [0.29, 0.717) is 30.1 Å². The van der Waals surface area contributed by atoms with E-state index < -0.39 is 24.5 Å². The molecular formula is C17H29N7O3. The van der Waals surface area contributed by atoms with E-state index in [-0.39, 0.29) is 6.04 Å². The van der Waals surface area contributed by atoms with Gasteiger partial charge in [0.2, 0.25) is 0 Å². The molecule has 2 aromatic heterocycles. The molecule has 5 N–H and O–H groups in total. The van der Waals surface area contributed by atoms with Crippen LogP contribution in [0.25, 0.3) is 11.2 Å². The summed E-state index contributed by atoms with van der Waals surface area (Å²) >= 11 is 0. The summed E-state index contributed by atoms with van der Waals surface area (Å²) in [4.78, 5) is 14.9. The number of fused-ring (bicyclic) bond motifs is 1. The Morgan fingerprint density at radius 1 is 1.30 bits per heavy atom. The van der Waals surface area contributed by atoms with Crippen molar-refractivity contribution in [3.05, 3.63) is 12.7 Å². The van der Waals surface area contributed by atoms with Crippen LogP contribution in [0.4, 0.5) is 5.82 Å². The summed E-state index contributed by atoms with van der Waals surface area (Å²) in [5.74, 6) is 0.594. The van der Waals surface area contributed by atoms with Crippen molar-refractivity contribution in [1.29, 1.82) is 0 Å². The molecule has 0 radical (unpaired) electrons. The molecule has 0 bridgehead atoms. The van der Waals surface area contributed by atoms with E-state index in [1.807, 2.05) is 0 Å². The van der Waals surface area contributed by atoms with Gasteiger partial charge in [0, 0.05) is 19.6 Å². The second-order valence-electron chi connectivity index (χ2n) is 7.07. The van der Waals surface area contributed by atoms with Gasteiger partial charge < -0.3 is 26.0 Å². The molecule has 27 heavy (non-hydrogen) atoms. The molecule has 1 saturated heterocycles. The third-order valence-electron chi connectivity index (χ3n) is 5.00. The lowest BCUT2D eigenvalue weighted by molar-refractivity contribution is -0.0468. The van der Waals surface area contributed by atoms with Crippen molar-refractivity contribution in [2.75, 3.05) is 32.0 Å². The number of aliphatic hydroxyl groups excluding tert-OH is 2. The van der Waals surface area contributed by atoms with Crippen molar-refractivity contribution in [2.24, 2.45) is 5.73 Å². The molecule has 4 atom stereocenters. The number of hydrogen-bond acceptors (Lipinski definition) is 9. The maximum atomic E-state index is 10.6. The quantitative estimate of drug-likeness (QED) is 0.481. The fourth-order valence-electron chi connectivity index (χ4n) is 3.42. The zero-order valence-corrected chi connectivity index (χ0v) is 16.0. The van der Waals surface area contributed by atoms with Gasteiger partial charge in [0.05, 0.1) is 6.33 Å². The number of nitrogens with one attached hydrogen (secondary N) is 1. The minimum absolute atomic E-state index is 0.281. The molecule has 1 aliphatic heterocycles. The largest absolute Gasteiger partial charge is 0.387 e. The topological polar surface area (TPSA) is 135 Å². The Kier molecular flexibility index (Phi) is 6.22. The fraction of sp³-hybridized carbons (Fsp3) is 0.706. The molecule has 10 nitrogen and oxygen atoms in total. The van der Waals surface area contributed by atoms with E-state index in [4.69, 9.17) is 10.5 Å². The molecule has 4 unspecified atom stereocenters. The lowest BCUT2D eigenvalue weighted by Gasteiger charge is -2.29. The number of rotatable bonds is 8. The summed E-state index contributed by atoms with van der Waals surface area (Å²) in [6, 6.07) is 0.281. The lowest BCUT2D eigenvalue weighted by atomic mass is 10.1. The maximum Gasteiger partial charge on any atom is 0.167 e. The summed E-state index contributed by atoms with van der Waals surface area (Å²) in [7, 11) is 1.75. The zero-order chi connectivity index (χ0) is 19.6. The highest BCUT2D eigenvalue weighted by Crippen LogP contribution is 2.32. The summed E-state index contributed by atoms with van der Waals surface area (Å²) in [6.07, 6.45) is 0.475. The predicted octanol–water partition coefficient (Wildman–Crippen LogP) is -0.454. The van der Waals surface area contributed by atoms with Gasteiger partial charge >= 0.3 is 0 Å². The molecule has 2 aromatic rings. The second-order valence-corrected chi connectivity index (χ2v) is 7.07.